The Morgan fingerprint density at radius 3 is 2.48 bits per heavy atom. The maximum absolute atomic E-state index is 5.55. The maximum Gasteiger partial charge on any atom is 0.0645 e. The van der Waals surface area contributed by atoms with E-state index < -0.39 is 0 Å². The van der Waals surface area contributed by atoms with Crippen molar-refractivity contribution in [2.75, 3.05) is 13.2 Å². The number of hydrogen-bond donors (Lipinski definition) is 0. The molecule has 0 radical (unpaired) electrons. The Bertz CT molecular complexity index is 734. The maximum atomic E-state index is 5.55. The normalized spacial score (nSPS) is 11.1. The molecular weight excluding hydrogens is 326 g/mol. The zero-order valence-corrected chi connectivity index (χ0v) is 13.6. The average Bonchev–Trinajstić information content (AvgIpc) is 2.82. The first-order chi connectivity index (χ1) is 10.3. The van der Waals surface area contributed by atoms with Crippen molar-refractivity contribution >= 4 is 26.8 Å². The van der Waals surface area contributed by atoms with Crippen molar-refractivity contribution < 1.29 is 4.74 Å². The van der Waals surface area contributed by atoms with E-state index in [-0.39, 0.29) is 0 Å². The van der Waals surface area contributed by atoms with Crippen molar-refractivity contribution in [2.45, 2.75) is 13.5 Å². The standard InChI is InChI=1S/C18H18BrNO/c1-2-21-13-12-20-16-11-7-6-10-15(16)17(19)18(20)14-8-4-3-5-9-14/h3-11H,2,12-13H2,1H3. The van der Waals surface area contributed by atoms with Crippen LogP contribution in [0.3, 0.4) is 0 Å². The molecule has 2 nitrogen and oxygen atoms in total. The number of halogens is 1. The third-order valence-electron chi connectivity index (χ3n) is 3.62. The van der Waals surface area contributed by atoms with Crippen LogP contribution in [-0.2, 0) is 11.3 Å². The molecule has 0 aliphatic heterocycles. The van der Waals surface area contributed by atoms with Gasteiger partial charge in [0.1, 0.15) is 0 Å². The van der Waals surface area contributed by atoms with Gasteiger partial charge in [-0.05, 0) is 34.5 Å². The number of nitrogens with zero attached hydrogens (tertiary/aromatic N) is 1. The lowest BCUT2D eigenvalue weighted by Crippen LogP contribution is -2.07. The van der Waals surface area contributed by atoms with Crippen molar-refractivity contribution in [1.29, 1.82) is 0 Å². The third-order valence-corrected chi connectivity index (χ3v) is 4.42. The largest absolute Gasteiger partial charge is 0.380 e. The lowest BCUT2D eigenvalue weighted by atomic mass is 10.1. The van der Waals surface area contributed by atoms with E-state index in [2.05, 4.69) is 69.0 Å². The molecular formula is C18H18BrNO. The highest BCUT2D eigenvalue weighted by molar-refractivity contribution is 9.10. The highest BCUT2D eigenvalue weighted by Gasteiger charge is 2.16. The first kappa shape index (κ1) is 14.4. The summed E-state index contributed by atoms with van der Waals surface area (Å²) in [4.78, 5) is 0. The second-order valence-electron chi connectivity index (χ2n) is 4.89. The summed E-state index contributed by atoms with van der Waals surface area (Å²) >= 11 is 3.79. The highest BCUT2D eigenvalue weighted by Crippen LogP contribution is 2.37. The molecule has 0 atom stereocenters. The van der Waals surface area contributed by atoms with Crippen molar-refractivity contribution in [3.8, 4) is 11.3 Å². The summed E-state index contributed by atoms with van der Waals surface area (Å²) < 4.78 is 9.04. The zero-order chi connectivity index (χ0) is 14.7. The Morgan fingerprint density at radius 2 is 1.71 bits per heavy atom. The van der Waals surface area contributed by atoms with Crippen molar-refractivity contribution in [3.05, 3.63) is 59.1 Å². The van der Waals surface area contributed by atoms with E-state index in [0.29, 0.717) is 0 Å². The molecule has 0 amide bonds. The minimum Gasteiger partial charge on any atom is -0.380 e. The van der Waals surface area contributed by atoms with Crippen molar-refractivity contribution in [1.82, 2.24) is 4.57 Å². The van der Waals surface area contributed by atoms with Crippen LogP contribution in [0.25, 0.3) is 22.2 Å². The van der Waals surface area contributed by atoms with E-state index in [0.717, 1.165) is 24.2 Å². The molecule has 0 bridgehead atoms. The van der Waals surface area contributed by atoms with Gasteiger partial charge >= 0.3 is 0 Å². The zero-order valence-electron chi connectivity index (χ0n) is 12.1. The molecule has 1 heterocycles. The summed E-state index contributed by atoms with van der Waals surface area (Å²) in [5.41, 5.74) is 3.68. The van der Waals surface area contributed by atoms with Gasteiger partial charge in [0.05, 0.1) is 16.8 Å². The molecule has 0 aliphatic carbocycles. The molecule has 0 saturated heterocycles. The summed E-state index contributed by atoms with van der Waals surface area (Å²) in [5.74, 6) is 0. The summed E-state index contributed by atoms with van der Waals surface area (Å²) in [5, 5.41) is 1.24. The first-order valence-corrected chi connectivity index (χ1v) is 8.02. The summed E-state index contributed by atoms with van der Waals surface area (Å²) in [6.45, 7) is 4.36. The van der Waals surface area contributed by atoms with E-state index in [1.54, 1.807) is 0 Å². The van der Waals surface area contributed by atoms with Gasteiger partial charge in [-0.15, -0.1) is 0 Å². The number of para-hydroxylation sites is 1. The van der Waals surface area contributed by atoms with Crippen LogP contribution >= 0.6 is 15.9 Å². The molecule has 0 aliphatic rings. The summed E-state index contributed by atoms with van der Waals surface area (Å²) in [7, 11) is 0. The molecule has 0 spiro atoms. The third kappa shape index (κ3) is 2.76. The van der Waals surface area contributed by atoms with Crippen LogP contribution in [0.1, 0.15) is 6.92 Å². The highest BCUT2D eigenvalue weighted by atomic mass is 79.9. The molecule has 0 unspecified atom stereocenters. The topological polar surface area (TPSA) is 14.2 Å². The SMILES string of the molecule is CCOCCn1c(-c2ccccc2)c(Br)c2ccccc21. The van der Waals surface area contributed by atoms with Gasteiger partial charge in [0, 0.05) is 24.1 Å². The summed E-state index contributed by atoms with van der Waals surface area (Å²) in [6, 6.07) is 19.0. The van der Waals surface area contributed by atoms with E-state index in [1.165, 1.54) is 22.2 Å². The molecule has 1 aromatic heterocycles. The van der Waals surface area contributed by atoms with Crippen molar-refractivity contribution in [3.63, 3.8) is 0 Å². The predicted molar refractivity (Wildman–Crippen MR) is 91.6 cm³/mol. The predicted octanol–water partition coefficient (Wildman–Crippen LogP) is 5.11. The number of benzene rings is 2. The van der Waals surface area contributed by atoms with Crippen LogP contribution < -0.4 is 0 Å². The van der Waals surface area contributed by atoms with Gasteiger partial charge in [-0.3, -0.25) is 0 Å². The Balaban J connectivity index is 2.16. The lowest BCUT2D eigenvalue weighted by molar-refractivity contribution is 0.140. The van der Waals surface area contributed by atoms with E-state index in [4.69, 9.17) is 4.74 Å². The van der Waals surface area contributed by atoms with Crippen LogP contribution in [0.4, 0.5) is 0 Å². The van der Waals surface area contributed by atoms with E-state index in [9.17, 15) is 0 Å². The molecule has 3 aromatic rings. The molecule has 0 saturated carbocycles. The van der Waals surface area contributed by atoms with Crippen LogP contribution in [0.5, 0.6) is 0 Å². The Morgan fingerprint density at radius 1 is 1.00 bits per heavy atom. The molecule has 21 heavy (non-hydrogen) atoms. The van der Waals surface area contributed by atoms with Gasteiger partial charge in [0.2, 0.25) is 0 Å². The summed E-state index contributed by atoms with van der Waals surface area (Å²) in [6.07, 6.45) is 0. The number of rotatable bonds is 5. The van der Waals surface area contributed by atoms with E-state index >= 15 is 0 Å². The number of hydrogen-bond acceptors (Lipinski definition) is 1. The Labute approximate surface area is 133 Å². The molecule has 108 valence electrons. The second-order valence-corrected chi connectivity index (χ2v) is 5.69. The number of ether oxygens (including phenoxy) is 1. The monoisotopic (exact) mass is 343 g/mol. The fourth-order valence-corrected chi connectivity index (χ4v) is 3.45. The fourth-order valence-electron chi connectivity index (χ4n) is 2.67. The number of fused-ring (bicyclic) bond motifs is 1. The average molecular weight is 344 g/mol. The smallest absolute Gasteiger partial charge is 0.0645 e. The van der Waals surface area contributed by atoms with Gasteiger partial charge in [-0.25, -0.2) is 0 Å². The van der Waals surface area contributed by atoms with Gasteiger partial charge in [0.15, 0.2) is 0 Å². The number of aromatic nitrogens is 1. The molecule has 0 fully saturated rings. The Hall–Kier alpha value is -1.58. The fraction of sp³-hybridized carbons (Fsp3) is 0.222. The minimum absolute atomic E-state index is 0.724. The minimum atomic E-state index is 0.724. The van der Waals surface area contributed by atoms with Gasteiger partial charge in [-0.2, -0.15) is 0 Å². The first-order valence-electron chi connectivity index (χ1n) is 7.22. The van der Waals surface area contributed by atoms with E-state index in [1.807, 2.05) is 13.0 Å². The van der Waals surface area contributed by atoms with Crippen LogP contribution in [0.15, 0.2) is 59.1 Å². The van der Waals surface area contributed by atoms with Gasteiger partial charge < -0.3 is 9.30 Å². The molecule has 0 N–H and O–H groups in total. The van der Waals surface area contributed by atoms with Crippen molar-refractivity contribution in [2.24, 2.45) is 0 Å². The van der Waals surface area contributed by atoms with Gasteiger partial charge in [0.25, 0.3) is 0 Å². The van der Waals surface area contributed by atoms with Gasteiger partial charge in [-0.1, -0.05) is 48.5 Å². The molecule has 2 aromatic carbocycles. The van der Waals surface area contributed by atoms with Crippen LogP contribution in [0, 0.1) is 0 Å². The molecule has 3 rings (SSSR count). The van der Waals surface area contributed by atoms with Crippen LogP contribution in [-0.4, -0.2) is 17.8 Å². The molecule has 3 heteroatoms. The quantitative estimate of drug-likeness (QED) is 0.587. The lowest BCUT2D eigenvalue weighted by Gasteiger charge is -2.11. The Kier molecular flexibility index (Phi) is 4.42. The second kappa shape index (κ2) is 6.46. The van der Waals surface area contributed by atoms with Crippen LogP contribution in [0.2, 0.25) is 0 Å².